The highest BCUT2D eigenvalue weighted by Crippen LogP contribution is 2.23. The topological polar surface area (TPSA) is 84.9 Å². The molecule has 0 spiro atoms. The minimum absolute atomic E-state index is 0.285. The molecule has 2 aromatic carbocycles. The molecule has 7 heteroatoms. The second-order valence-electron chi connectivity index (χ2n) is 6.15. The lowest BCUT2D eigenvalue weighted by Crippen LogP contribution is -2.35. The maximum atomic E-state index is 12.4. The number of amides is 2. The van der Waals surface area contributed by atoms with Crippen LogP contribution >= 0.6 is 0 Å². The van der Waals surface area contributed by atoms with Gasteiger partial charge in [0.15, 0.2) is 0 Å². The Labute approximate surface area is 156 Å². The van der Waals surface area contributed by atoms with Gasteiger partial charge in [-0.15, -0.1) is 0 Å². The number of ether oxygens (including phenoxy) is 2. The molecule has 27 heavy (non-hydrogen) atoms. The monoisotopic (exact) mass is 368 g/mol. The number of hydrogen-bond donors (Lipinski definition) is 1. The Morgan fingerprint density at radius 3 is 2.30 bits per heavy atom. The number of esters is 1. The minimum Gasteiger partial charge on any atom is -0.465 e. The molecule has 1 heterocycles. The van der Waals surface area contributed by atoms with Gasteiger partial charge in [-0.2, -0.15) is 0 Å². The Balaban J connectivity index is 1.72. The summed E-state index contributed by atoms with van der Waals surface area (Å²) in [7, 11) is 2.67. The molecule has 0 aromatic heterocycles. The van der Waals surface area contributed by atoms with Crippen LogP contribution in [0.4, 0.5) is 10.5 Å². The predicted molar refractivity (Wildman–Crippen MR) is 98.7 cm³/mol. The maximum absolute atomic E-state index is 12.4. The van der Waals surface area contributed by atoms with E-state index in [0.717, 1.165) is 17.5 Å². The summed E-state index contributed by atoms with van der Waals surface area (Å²) in [5, 5.41) is 2.84. The Kier molecular flexibility index (Phi) is 5.40. The third kappa shape index (κ3) is 4.08. The molecule has 1 aliphatic heterocycles. The zero-order valence-electron chi connectivity index (χ0n) is 15.2. The van der Waals surface area contributed by atoms with Crippen molar-refractivity contribution >= 4 is 23.7 Å². The van der Waals surface area contributed by atoms with Crippen LogP contribution in [0.3, 0.4) is 0 Å². The lowest BCUT2D eigenvalue weighted by molar-refractivity contribution is 0.0600. The van der Waals surface area contributed by atoms with Crippen LogP contribution in [0.2, 0.25) is 0 Å². The fourth-order valence-electron chi connectivity index (χ4n) is 3.00. The van der Waals surface area contributed by atoms with Crippen LogP contribution in [-0.2, 0) is 22.4 Å². The number of carbonyl (C=O) groups is 3. The fourth-order valence-corrected chi connectivity index (χ4v) is 3.00. The summed E-state index contributed by atoms with van der Waals surface area (Å²) in [5.41, 5.74) is 3.57. The summed E-state index contributed by atoms with van der Waals surface area (Å²) in [6.45, 7) is 1.05. The summed E-state index contributed by atoms with van der Waals surface area (Å²) < 4.78 is 9.42. The smallest absolute Gasteiger partial charge is 0.409 e. The average Bonchev–Trinajstić information content (AvgIpc) is 2.72. The second kappa shape index (κ2) is 7.90. The Morgan fingerprint density at radius 1 is 0.926 bits per heavy atom. The molecular formula is C20H20N2O5. The van der Waals surface area contributed by atoms with Crippen LogP contribution in [0.25, 0.3) is 0 Å². The van der Waals surface area contributed by atoms with Gasteiger partial charge in [0.05, 0.1) is 19.8 Å². The van der Waals surface area contributed by atoms with Crippen molar-refractivity contribution in [3.63, 3.8) is 0 Å². The molecular weight excluding hydrogens is 348 g/mol. The zero-order valence-corrected chi connectivity index (χ0v) is 15.2. The van der Waals surface area contributed by atoms with Crippen LogP contribution in [0, 0.1) is 0 Å². The third-order valence-corrected chi connectivity index (χ3v) is 4.48. The second-order valence-corrected chi connectivity index (χ2v) is 6.15. The normalized spacial score (nSPS) is 12.7. The van der Waals surface area contributed by atoms with Gasteiger partial charge in [0.1, 0.15) is 0 Å². The highest BCUT2D eigenvalue weighted by atomic mass is 16.5. The average molecular weight is 368 g/mol. The van der Waals surface area contributed by atoms with E-state index in [9.17, 15) is 14.4 Å². The van der Waals surface area contributed by atoms with Crippen LogP contribution in [-0.4, -0.2) is 43.6 Å². The van der Waals surface area contributed by atoms with E-state index in [0.29, 0.717) is 29.9 Å². The van der Waals surface area contributed by atoms with Crippen LogP contribution < -0.4 is 5.32 Å². The van der Waals surface area contributed by atoms with Crippen molar-refractivity contribution in [2.75, 3.05) is 26.1 Å². The molecule has 0 fully saturated rings. The summed E-state index contributed by atoms with van der Waals surface area (Å²) in [6.07, 6.45) is 0.383. The van der Waals surface area contributed by atoms with E-state index in [1.807, 2.05) is 18.2 Å². The van der Waals surface area contributed by atoms with Gasteiger partial charge >= 0.3 is 12.1 Å². The summed E-state index contributed by atoms with van der Waals surface area (Å²) >= 11 is 0. The van der Waals surface area contributed by atoms with E-state index in [1.54, 1.807) is 29.2 Å². The fraction of sp³-hybridized carbons (Fsp3) is 0.250. The zero-order chi connectivity index (χ0) is 19.4. The molecule has 2 aromatic rings. The molecule has 0 bridgehead atoms. The molecule has 3 rings (SSSR count). The van der Waals surface area contributed by atoms with Gasteiger partial charge in [0.2, 0.25) is 0 Å². The molecule has 1 N–H and O–H groups in total. The van der Waals surface area contributed by atoms with E-state index in [2.05, 4.69) is 10.1 Å². The first-order valence-electron chi connectivity index (χ1n) is 8.46. The van der Waals surface area contributed by atoms with Crippen molar-refractivity contribution in [3.8, 4) is 0 Å². The van der Waals surface area contributed by atoms with Crippen LogP contribution in [0.1, 0.15) is 31.8 Å². The summed E-state index contributed by atoms with van der Waals surface area (Å²) in [5.74, 6) is -0.737. The first-order chi connectivity index (χ1) is 13.0. The number of benzene rings is 2. The number of nitrogens with zero attached hydrogens (tertiary/aromatic N) is 1. The predicted octanol–water partition coefficient (Wildman–Crippen LogP) is 2.85. The number of rotatable bonds is 3. The molecule has 0 atom stereocenters. The van der Waals surface area contributed by atoms with Gasteiger partial charge in [-0.05, 0) is 53.9 Å². The number of hydrogen-bond acceptors (Lipinski definition) is 5. The number of anilines is 1. The van der Waals surface area contributed by atoms with Crippen molar-refractivity contribution in [3.05, 3.63) is 64.7 Å². The van der Waals surface area contributed by atoms with Gasteiger partial charge in [-0.3, -0.25) is 4.79 Å². The molecule has 0 aliphatic carbocycles. The molecule has 0 saturated carbocycles. The van der Waals surface area contributed by atoms with E-state index < -0.39 is 5.97 Å². The van der Waals surface area contributed by atoms with Crippen molar-refractivity contribution in [1.29, 1.82) is 0 Å². The van der Waals surface area contributed by atoms with Crippen molar-refractivity contribution < 1.29 is 23.9 Å². The first-order valence-corrected chi connectivity index (χ1v) is 8.46. The number of carbonyl (C=O) groups excluding carboxylic acids is 3. The van der Waals surface area contributed by atoms with E-state index in [1.165, 1.54) is 14.2 Å². The SMILES string of the molecule is COC(=O)c1ccc(C(=O)Nc2ccc3c(c2)CN(C(=O)OC)CC3)cc1. The lowest BCUT2D eigenvalue weighted by atomic mass is 9.99. The van der Waals surface area contributed by atoms with Crippen molar-refractivity contribution in [1.82, 2.24) is 4.90 Å². The standard InChI is InChI=1S/C20H20N2O5/c1-26-19(24)15-5-3-14(4-6-15)18(23)21-17-8-7-13-9-10-22(20(25)27-2)12-16(13)11-17/h3-8,11H,9-10,12H2,1-2H3,(H,21,23). The van der Waals surface area contributed by atoms with E-state index in [-0.39, 0.29) is 12.0 Å². The molecule has 1 aliphatic rings. The largest absolute Gasteiger partial charge is 0.465 e. The maximum Gasteiger partial charge on any atom is 0.409 e. The number of nitrogens with one attached hydrogen (secondary N) is 1. The molecule has 0 radical (unpaired) electrons. The van der Waals surface area contributed by atoms with Crippen LogP contribution in [0.5, 0.6) is 0 Å². The summed E-state index contributed by atoms with van der Waals surface area (Å²) in [4.78, 5) is 37.2. The minimum atomic E-state index is -0.452. The van der Waals surface area contributed by atoms with Gasteiger partial charge < -0.3 is 19.7 Å². The molecule has 0 unspecified atom stereocenters. The Bertz CT molecular complexity index is 876. The van der Waals surface area contributed by atoms with Gasteiger partial charge in [-0.1, -0.05) is 6.07 Å². The number of methoxy groups -OCH3 is 2. The lowest BCUT2D eigenvalue weighted by Gasteiger charge is -2.28. The van der Waals surface area contributed by atoms with Crippen molar-refractivity contribution in [2.24, 2.45) is 0 Å². The highest BCUT2D eigenvalue weighted by Gasteiger charge is 2.21. The van der Waals surface area contributed by atoms with Crippen LogP contribution in [0.15, 0.2) is 42.5 Å². The van der Waals surface area contributed by atoms with E-state index in [4.69, 9.17) is 4.74 Å². The van der Waals surface area contributed by atoms with Crippen molar-refractivity contribution in [2.45, 2.75) is 13.0 Å². The van der Waals surface area contributed by atoms with E-state index >= 15 is 0 Å². The van der Waals surface area contributed by atoms with Gasteiger partial charge in [0.25, 0.3) is 5.91 Å². The molecule has 2 amide bonds. The first kappa shape index (κ1) is 18.4. The highest BCUT2D eigenvalue weighted by molar-refractivity contribution is 6.04. The van der Waals surface area contributed by atoms with Gasteiger partial charge in [0, 0.05) is 24.3 Å². The molecule has 0 saturated heterocycles. The quantitative estimate of drug-likeness (QED) is 0.842. The Hall–Kier alpha value is -3.35. The summed E-state index contributed by atoms with van der Waals surface area (Å²) in [6, 6.07) is 11.9. The number of fused-ring (bicyclic) bond motifs is 1. The third-order valence-electron chi connectivity index (χ3n) is 4.48. The Morgan fingerprint density at radius 2 is 1.63 bits per heavy atom. The van der Waals surface area contributed by atoms with Gasteiger partial charge in [-0.25, -0.2) is 9.59 Å². The molecule has 140 valence electrons. The molecule has 7 nitrogen and oxygen atoms in total.